The van der Waals surface area contributed by atoms with Gasteiger partial charge in [0.1, 0.15) is 12.4 Å². The highest BCUT2D eigenvalue weighted by atomic mass is 16.5. The summed E-state index contributed by atoms with van der Waals surface area (Å²) in [6.45, 7) is 3.55. The second-order valence-electron chi connectivity index (χ2n) is 8.03. The molecule has 0 saturated heterocycles. The standard InChI is InChI=1S/C24H25N5O5/c1-4-5-10-29-21-20(22(31)27-24(29)33)28(3)19(26-21)13-34-23(32)17-11-15-8-6-7-9-16(15)12-18(17)25-14(2)30/h6-9,11-12H,4-5,10,13H2,1-3H3,(H,25,30)(H,27,31,33). The number of fused-ring (bicyclic) bond motifs is 2. The first-order valence-electron chi connectivity index (χ1n) is 11.0. The van der Waals surface area contributed by atoms with Crippen molar-refractivity contribution in [2.75, 3.05) is 5.32 Å². The summed E-state index contributed by atoms with van der Waals surface area (Å²) in [7, 11) is 1.63. The number of aryl methyl sites for hydroxylation is 2. The predicted octanol–water partition coefficient (Wildman–Crippen LogP) is 2.69. The Morgan fingerprint density at radius 3 is 2.53 bits per heavy atom. The average molecular weight is 463 g/mol. The Morgan fingerprint density at radius 2 is 1.85 bits per heavy atom. The first-order valence-corrected chi connectivity index (χ1v) is 11.0. The molecule has 0 aliphatic rings. The number of ether oxygens (including phenoxy) is 1. The molecule has 0 spiro atoms. The van der Waals surface area contributed by atoms with Gasteiger partial charge < -0.3 is 14.6 Å². The Hall–Kier alpha value is -4.21. The Labute approximate surface area is 194 Å². The fraction of sp³-hybridized carbons (Fsp3) is 0.292. The molecular formula is C24H25N5O5. The number of hydrogen-bond donors (Lipinski definition) is 2. The molecule has 2 heterocycles. The van der Waals surface area contributed by atoms with Crippen molar-refractivity contribution < 1.29 is 14.3 Å². The molecule has 0 atom stereocenters. The highest BCUT2D eigenvalue weighted by Crippen LogP contribution is 2.25. The minimum Gasteiger partial charge on any atom is -0.454 e. The fourth-order valence-corrected chi connectivity index (χ4v) is 3.85. The maximum atomic E-state index is 13.0. The number of nitrogens with one attached hydrogen (secondary N) is 2. The van der Waals surface area contributed by atoms with E-state index in [2.05, 4.69) is 15.3 Å². The van der Waals surface area contributed by atoms with Crippen LogP contribution in [0, 0.1) is 0 Å². The number of aromatic nitrogens is 4. The van der Waals surface area contributed by atoms with Gasteiger partial charge >= 0.3 is 11.7 Å². The van der Waals surface area contributed by atoms with Crippen LogP contribution in [0.15, 0.2) is 46.0 Å². The van der Waals surface area contributed by atoms with E-state index in [-0.39, 0.29) is 29.2 Å². The van der Waals surface area contributed by atoms with Gasteiger partial charge in [0.15, 0.2) is 11.2 Å². The number of carbonyl (C=O) groups excluding carboxylic acids is 2. The lowest BCUT2D eigenvalue weighted by atomic mass is 10.0. The van der Waals surface area contributed by atoms with Gasteiger partial charge in [0.2, 0.25) is 5.91 Å². The number of H-pyrrole nitrogens is 1. The Morgan fingerprint density at radius 1 is 1.15 bits per heavy atom. The van der Waals surface area contributed by atoms with Gasteiger partial charge in [-0.2, -0.15) is 0 Å². The zero-order valence-corrected chi connectivity index (χ0v) is 19.2. The minimum atomic E-state index is -0.654. The van der Waals surface area contributed by atoms with E-state index in [0.29, 0.717) is 18.1 Å². The van der Waals surface area contributed by atoms with Gasteiger partial charge in [0.25, 0.3) is 5.56 Å². The number of aromatic amines is 1. The number of hydrogen-bond acceptors (Lipinski definition) is 6. The van der Waals surface area contributed by atoms with Crippen LogP contribution in [0.5, 0.6) is 0 Å². The van der Waals surface area contributed by atoms with Gasteiger partial charge in [-0.3, -0.25) is 19.1 Å². The molecule has 0 unspecified atom stereocenters. The number of esters is 1. The molecular weight excluding hydrogens is 438 g/mol. The Bertz CT molecular complexity index is 1530. The van der Waals surface area contributed by atoms with Gasteiger partial charge in [-0.05, 0) is 29.3 Å². The molecule has 0 saturated carbocycles. The van der Waals surface area contributed by atoms with Crippen LogP contribution in [-0.4, -0.2) is 31.0 Å². The quantitative estimate of drug-likeness (QED) is 0.406. The summed E-state index contributed by atoms with van der Waals surface area (Å²) in [5.41, 5.74) is -0.0605. The van der Waals surface area contributed by atoms with Crippen molar-refractivity contribution in [2.45, 2.75) is 39.8 Å². The lowest BCUT2D eigenvalue weighted by Gasteiger charge is -2.12. The average Bonchev–Trinajstić information content (AvgIpc) is 3.13. The van der Waals surface area contributed by atoms with E-state index >= 15 is 0 Å². The van der Waals surface area contributed by atoms with Gasteiger partial charge in [0.05, 0.1) is 11.3 Å². The largest absolute Gasteiger partial charge is 0.454 e. The summed E-state index contributed by atoms with van der Waals surface area (Å²) in [6.07, 6.45) is 1.61. The molecule has 176 valence electrons. The lowest BCUT2D eigenvalue weighted by Crippen LogP contribution is -2.31. The molecule has 0 fully saturated rings. The summed E-state index contributed by atoms with van der Waals surface area (Å²) < 4.78 is 8.45. The van der Waals surface area contributed by atoms with Gasteiger partial charge in [-0.25, -0.2) is 14.6 Å². The van der Waals surface area contributed by atoms with Crippen molar-refractivity contribution in [2.24, 2.45) is 7.05 Å². The molecule has 10 nitrogen and oxygen atoms in total. The molecule has 2 aromatic carbocycles. The van der Waals surface area contributed by atoms with E-state index in [9.17, 15) is 19.2 Å². The normalized spacial score (nSPS) is 11.1. The summed E-state index contributed by atoms with van der Waals surface area (Å²) in [4.78, 5) is 56.1. The number of nitrogens with zero attached hydrogens (tertiary/aromatic N) is 3. The Balaban J connectivity index is 1.67. The summed E-state index contributed by atoms with van der Waals surface area (Å²) in [5, 5.41) is 4.35. The number of imidazole rings is 1. The van der Waals surface area contributed by atoms with Crippen LogP contribution >= 0.6 is 0 Å². The second-order valence-corrected chi connectivity index (χ2v) is 8.03. The number of carbonyl (C=O) groups is 2. The van der Waals surface area contributed by atoms with E-state index in [1.165, 1.54) is 16.1 Å². The highest BCUT2D eigenvalue weighted by Gasteiger charge is 2.20. The van der Waals surface area contributed by atoms with Crippen molar-refractivity contribution in [1.82, 2.24) is 19.1 Å². The van der Waals surface area contributed by atoms with Crippen molar-refractivity contribution in [3.8, 4) is 0 Å². The van der Waals surface area contributed by atoms with Crippen molar-refractivity contribution in [3.05, 3.63) is 68.6 Å². The van der Waals surface area contributed by atoms with Crippen molar-refractivity contribution in [1.29, 1.82) is 0 Å². The predicted molar refractivity (Wildman–Crippen MR) is 128 cm³/mol. The molecule has 2 N–H and O–H groups in total. The molecule has 10 heteroatoms. The van der Waals surface area contributed by atoms with Crippen LogP contribution in [0.1, 0.15) is 42.9 Å². The summed E-state index contributed by atoms with van der Waals surface area (Å²) in [5.74, 6) is -0.658. The van der Waals surface area contributed by atoms with Crippen LogP contribution in [0.4, 0.5) is 5.69 Å². The first kappa shape index (κ1) is 23.0. The third-order valence-corrected chi connectivity index (χ3v) is 5.59. The van der Waals surface area contributed by atoms with E-state index in [0.717, 1.165) is 23.6 Å². The van der Waals surface area contributed by atoms with Gasteiger partial charge in [0, 0.05) is 20.5 Å². The number of benzene rings is 2. The third-order valence-electron chi connectivity index (χ3n) is 5.59. The molecule has 0 radical (unpaired) electrons. The van der Waals surface area contributed by atoms with Gasteiger partial charge in [-0.1, -0.05) is 37.6 Å². The zero-order chi connectivity index (χ0) is 24.4. The third kappa shape index (κ3) is 4.34. The molecule has 34 heavy (non-hydrogen) atoms. The topological polar surface area (TPSA) is 128 Å². The maximum absolute atomic E-state index is 13.0. The van der Waals surface area contributed by atoms with Crippen LogP contribution in [0.25, 0.3) is 21.9 Å². The second kappa shape index (κ2) is 9.34. The van der Waals surface area contributed by atoms with E-state index in [4.69, 9.17) is 4.74 Å². The molecule has 4 rings (SSSR count). The Kier molecular flexibility index (Phi) is 6.31. The molecule has 2 aromatic heterocycles. The number of amides is 1. The van der Waals surface area contributed by atoms with Gasteiger partial charge in [-0.15, -0.1) is 0 Å². The summed E-state index contributed by atoms with van der Waals surface area (Å²) >= 11 is 0. The maximum Gasteiger partial charge on any atom is 0.340 e. The van der Waals surface area contributed by atoms with E-state index < -0.39 is 17.2 Å². The minimum absolute atomic E-state index is 0.199. The lowest BCUT2D eigenvalue weighted by molar-refractivity contribution is -0.114. The molecule has 0 aliphatic heterocycles. The van der Waals surface area contributed by atoms with Crippen molar-refractivity contribution >= 4 is 39.5 Å². The summed E-state index contributed by atoms with van der Waals surface area (Å²) in [6, 6.07) is 10.8. The van der Waals surface area contributed by atoms with Crippen LogP contribution in [0.3, 0.4) is 0 Å². The highest BCUT2D eigenvalue weighted by molar-refractivity contribution is 6.05. The monoisotopic (exact) mass is 463 g/mol. The SMILES string of the molecule is CCCCn1c(=O)[nH]c(=O)c2c1nc(COC(=O)c1cc3ccccc3cc1NC(C)=O)n2C. The smallest absolute Gasteiger partial charge is 0.340 e. The van der Waals surface area contributed by atoms with Crippen LogP contribution in [-0.2, 0) is 29.7 Å². The van der Waals surface area contributed by atoms with E-state index in [1.807, 2.05) is 31.2 Å². The van der Waals surface area contributed by atoms with Crippen molar-refractivity contribution in [3.63, 3.8) is 0 Å². The fourth-order valence-electron chi connectivity index (χ4n) is 3.85. The van der Waals surface area contributed by atoms with E-state index in [1.54, 1.807) is 19.2 Å². The number of rotatable bonds is 7. The zero-order valence-electron chi connectivity index (χ0n) is 19.2. The molecule has 0 aliphatic carbocycles. The molecule has 4 aromatic rings. The first-order chi connectivity index (χ1) is 16.3. The molecule has 0 bridgehead atoms. The molecule has 1 amide bonds. The van der Waals surface area contributed by atoms with Crippen LogP contribution < -0.4 is 16.6 Å². The number of anilines is 1. The number of unbranched alkanes of at least 4 members (excludes halogenated alkanes) is 1. The van der Waals surface area contributed by atoms with Crippen LogP contribution in [0.2, 0.25) is 0 Å².